The summed E-state index contributed by atoms with van der Waals surface area (Å²) in [7, 11) is 4.04. The number of rotatable bonds is 9. The number of thioether (sulfide) groups is 1. The number of carbonyl (C=O) groups is 1. The van der Waals surface area contributed by atoms with E-state index in [1.165, 1.54) is 17.3 Å². The molecule has 1 saturated heterocycles. The molecule has 34 heavy (non-hydrogen) atoms. The van der Waals surface area contributed by atoms with Crippen LogP contribution in [0.4, 0.5) is 5.69 Å². The molecule has 9 heteroatoms. The average Bonchev–Trinajstić information content (AvgIpc) is 3.49. The SMILES string of the molecule is Cc1ccc(-n2nnnc2SCC(=O)N(Cc2ccc(N(C)C)cc2)C[C@@H]2CCCO2)c(C)c1. The van der Waals surface area contributed by atoms with Crippen molar-refractivity contribution >= 4 is 23.4 Å². The first-order valence-corrected chi connectivity index (χ1v) is 12.5. The molecule has 1 fully saturated rings. The Balaban J connectivity index is 1.46. The minimum Gasteiger partial charge on any atom is -0.378 e. The Hall–Kier alpha value is -2.91. The van der Waals surface area contributed by atoms with Crippen LogP contribution in [0.25, 0.3) is 5.69 Å². The lowest BCUT2D eigenvalue weighted by Crippen LogP contribution is -2.38. The highest BCUT2D eigenvalue weighted by Crippen LogP contribution is 2.23. The molecule has 1 aliphatic heterocycles. The van der Waals surface area contributed by atoms with Crippen molar-refractivity contribution in [2.75, 3.05) is 37.9 Å². The number of anilines is 1. The van der Waals surface area contributed by atoms with Gasteiger partial charge < -0.3 is 14.5 Å². The molecule has 0 radical (unpaired) electrons. The Morgan fingerprint density at radius 3 is 2.65 bits per heavy atom. The van der Waals surface area contributed by atoms with Crippen molar-refractivity contribution in [3.05, 3.63) is 59.2 Å². The molecule has 0 aliphatic carbocycles. The second kappa shape index (κ2) is 11.0. The van der Waals surface area contributed by atoms with Crippen LogP contribution in [0.3, 0.4) is 0 Å². The minimum atomic E-state index is 0.0485. The third-order valence-electron chi connectivity index (χ3n) is 5.97. The van der Waals surface area contributed by atoms with Gasteiger partial charge in [-0.05, 0) is 66.4 Å². The fourth-order valence-corrected chi connectivity index (χ4v) is 4.88. The van der Waals surface area contributed by atoms with Gasteiger partial charge in [0.15, 0.2) is 0 Å². The number of nitrogens with zero attached hydrogens (tertiary/aromatic N) is 6. The number of carbonyl (C=O) groups excluding carboxylic acids is 1. The lowest BCUT2D eigenvalue weighted by molar-refractivity contribution is -0.130. The maximum absolute atomic E-state index is 13.3. The number of aromatic nitrogens is 4. The van der Waals surface area contributed by atoms with E-state index in [1.54, 1.807) is 4.68 Å². The predicted octanol–water partition coefficient (Wildman–Crippen LogP) is 3.65. The fourth-order valence-electron chi connectivity index (χ4n) is 4.09. The zero-order valence-corrected chi connectivity index (χ0v) is 21.1. The second-order valence-corrected chi connectivity index (χ2v) is 9.86. The molecule has 4 rings (SSSR count). The minimum absolute atomic E-state index is 0.0485. The van der Waals surface area contributed by atoms with Gasteiger partial charge in [0.05, 0.1) is 17.5 Å². The topological polar surface area (TPSA) is 76.4 Å². The molecule has 0 spiro atoms. The van der Waals surface area contributed by atoms with Crippen LogP contribution >= 0.6 is 11.8 Å². The highest BCUT2D eigenvalue weighted by Gasteiger charge is 2.24. The molecule has 8 nitrogen and oxygen atoms in total. The third-order valence-corrected chi connectivity index (χ3v) is 6.88. The Morgan fingerprint density at radius 2 is 1.97 bits per heavy atom. The van der Waals surface area contributed by atoms with Crippen LogP contribution in [0.1, 0.15) is 29.5 Å². The van der Waals surface area contributed by atoms with Gasteiger partial charge in [0.1, 0.15) is 0 Å². The van der Waals surface area contributed by atoms with E-state index in [1.807, 2.05) is 38.1 Å². The summed E-state index contributed by atoms with van der Waals surface area (Å²) in [6.07, 6.45) is 2.13. The summed E-state index contributed by atoms with van der Waals surface area (Å²) < 4.78 is 7.53. The summed E-state index contributed by atoms with van der Waals surface area (Å²) in [4.78, 5) is 17.3. The lowest BCUT2D eigenvalue weighted by Gasteiger charge is -2.26. The van der Waals surface area contributed by atoms with Crippen LogP contribution in [0, 0.1) is 13.8 Å². The monoisotopic (exact) mass is 480 g/mol. The van der Waals surface area contributed by atoms with Crippen LogP contribution in [0.15, 0.2) is 47.6 Å². The molecule has 2 aromatic carbocycles. The van der Waals surface area contributed by atoms with Gasteiger partial charge in [-0.1, -0.05) is 41.6 Å². The van der Waals surface area contributed by atoms with Crippen molar-refractivity contribution in [2.45, 2.75) is 44.5 Å². The zero-order valence-electron chi connectivity index (χ0n) is 20.3. The van der Waals surface area contributed by atoms with Gasteiger partial charge in [0.25, 0.3) is 0 Å². The number of tetrazole rings is 1. The molecule has 2 heterocycles. The van der Waals surface area contributed by atoms with E-state index in [0.717, 1.165) is 42.0 Å². The maximum Gasteiger partial charge on any atom is 0.233 e. The highest BCUT2D eigenvalue weighted by molar-refractivity contribution is 7.99. The molecule has 1 atom stereocenters. The largest absolute Gasteiger partial charge is 0.378 e. The van der Waals surface area contributed by atoms with Crippen molar-refractivity contribution < 1.29 is 9.53 Å². The highest BCUT2D eigenvalue weighted by atomic mass is 32.2. The standard InChI is InChI=1S/C25H32N6O2S/c1-18-7-12-23(19(2)14-18)31-25(26-27-28-31)34-17-24(32)30(16-22-6-5-13-33-22)15-20-8-10-21(11-9-20)29(3)4/h7-12,14,22H,5-6,13,15-17H2,1-4H3/t22-/m0/s1. The number of amides is 1. The molecule has 1 amide bonds. The maximum atomic E-state index is 13.3. The predicted molar refractivity (Wildman–Crippen MR) is 135 cm³/mol. The Morgan fingerprint density at radius 1 is 1.18 bits per heavy atom. The van der Waals surface area contributed by atoms with Gasteiger partial charge in [-0.25, -0.2) is 0 Å². The summed E-state index contributed by atoms with van der Waals surface area (Å²) in [6.45, 7) is 6.01. The average molecular weight is 481 g/mol. The molecule has 0 saturated carbocycles. The number of hydrogen-bond donors (Lipinski definition) is 0. The molecule has 0 unspecified atom stereocenters. The molecule has 1 aliphatic rings. The molecule has 0 bridgehead atoms. The van der Waals surface area contributed by atoms with E-state index in [0.29, 0.717) is 18.2 Å². The van der Waals surface area contributed by atoms with E-state index in [2.05, 4.69) is 57.7 Å². The first-order valence-electron chi connectivity index (χ1n) is 11.5. The summed E-state index contributed by atoms with van der Waals surface area (Å²) in [5.41, 5.74) is 5.42. The molecular weight excluding hydrogens is 448 g/mol. The van der Waals surface area contributed by atoms with E-state index in [4.69, 9.17) is 4.74 Å². The number of hydrogen-bond acceptors (Lipinski definition) is 7. The van der Waals surface area contributed by atoms with Gasteiger partial charge in [-0.15, -0.1) is 5.10 Å². The van der Waals surface area contributed by atoms with E-state index >= 15 is 0 Å². The van der Waals surface area contributed by atoms with Gasteiger partial charge in [0.2, 0.25) is 11.1 Å². The van der Waals surface area contributed by atoms with Crippen molar-refractivity contribution in [1.82, 2.24) is 25.1 Å². The summed E-state index contributed by atoms with van der Waals surface area (Å²) in [5.74, 6) is 0.306. The van der Waals surface area contributed by atoms with Crippen molar-refractivity contribution in [2.24, 2.45) is 0 Å². The molecule has 0 N–H and O–H groups in total. The Labute approximate surface area is 205 Å². The van der Waals surface area contributed by atoms with Crippen LogP contribution < -0.4 is 4.90 Å². The normalized spacial score (nSPS) is 15.5. The molecule has 1 aromatic heterocycles. The van der Waals surface area contributed by atoms with Gasteiger partial charge in [0, 0.05) is 39.5 Å². The first-order chi connectivity index (χ1) is 16.4. The van der Waals surface area contributed by atoms with Crippen molar-refractivity contribution in [3.63, 3.8) is 0 Å². The lowest BCUT2D eigenvalue weighted by atomic mass is 10.1. The van der Waals surface area contributed by atoms with Crippen LogP contribution in [-0.4, -0.2) is 70.1 Å². The van der Waals surface area contributed by atoms with Gasteiger partial charge in [-0.2, -0.15) is 4.68 Å². The zero-order chi connectivity index (χ0) is 24.1. The van der Waals surface area contributed by atoms with Crippen molar-refractivity contribution in [3.8, 4) is 5.69 Å². The number of ether oxygens (including phenoxy) is 1. The second-order valence-electron chi connectivity index (χ2n) is 8.92. The molecular formula is C25H32N6O2S. The van der Waals surface area contributed by atoms with Gasteiger partial charge in [-0.3, -0.25) is 4.79 Å². The summed E-state index contributed by atoms with van der Waals surface area (Å²) in [5, 5.41) is 12.8. The molecule has 3 aromatic rings. The quantitative estimate of drug-likeness (QED) is 0.433. The third kappa shape index (κ3) is 5.95. The van der Waals surface area contributed by atoms with Crippen LogP contribution in [0.2, 0.25) is 0 Å². The van der Waals surface area contributed by atoms with Gasteiger partial charge >= 0.3 is 0 Å². The fraction of sp³-hybridized carbons (Fsp3) is 0.440. The number of benzene rings is 2. The number of aryl methyl sites for hydroxylation is 2. The summed E-state index contributed by atoms with van der Waals surface area (Å²) in [6, 6.07) is 14.5. The first kappa shape index (κ1) is 24.2. The summed E-state index contributed by atoms with van der Waals surface area (Å²) >= 11 is 1.36. The van der Waals surface area contributed by atoms with E-state index in [-0.39, 0.29) is 17.8 Å². The smallest absolute Gasteiger partial charge is 0.233 e. The Kier molecular flexibility index (Phi) is 7.84. The van der Waals surface area contributed by atoms with E-state index in [9.17, 15) is 4.79 Å². The van der Waals surface area contributed by atoms with E-state index < -0.39 is 0 Å². The Bertz CT molecular complexity index is 1110. The molecule has 180 valence electrons. The van der Waals surface area contributed by atoms with Crippen LogP contribution in [-0.2, 0) is 16.1 Å². The van der Waals surface area contributed by atoms with Crippen LogP contribution in [0.5, 0.6) is 0 Å². The van der Waals surface area contributed by atoms with Crippen molar-refractivity contribution in [1.29, 1.82) is 0 Å².